The van der Waals surface area contributed by atoms with Crippen molar-refractivity contribution in [3.63, 3.8) is 0 Å². The molecule has 1 unspecified atom stereocenters. The molecule has 1 fully saturated rings. The molecule has 0 bridgehead atoms. The van der Waals surface area contributed by atoms with Gasteiger partial charge >= 0.3 is 0 Å². The zero-order valence-electron chi connectivity index (χ0n) is 8.70. The molecule has 1 amide bonds. The van der Waals surface area contributed by atoms with Crippen LogP contribution in [0.1, 0.15) is 16.8 Å². The highest BCUT2D eigenvalue weighted by Crippen LogP contribution is 2.21. The summed E-state index contributed by atoms with van der Waals surface area (Å²) in [4.78, 5) is 11.9. The van der Waals surface area contributed by atoms with Crippen LogP contribution in [0, 0.1) is 0 Å². The van der Waals surface area contributed by atoms with Gasteiger partial charge in [0.2, 0.25) is 0 Å². The number of hydrogen-bond donors (Lipinski definition) is 2. The van der Waals surface area contributed by atoms with Crippen LogP contribution < -0.4 is 11.1 Å². The number of hydrogen-bond acceptors (Lipinski definition) is 3. The lowest BCUT2D eigenvalue weighted by Crippen LogP contribution is -2.34. The molecule has 2 rings (SSSR count). The van der Waals surface area contributed by atoms with Gasteiger partial charge < -0.3 is 11.1 Å². The van der Waals surface area contributed by atoms with Crippen molar-refractivity contribution in [1.29, 1.82) is 0 Å². The van der Waals surface area contributed by atoms with E-state index in [1.165, 1.54) is 0 Å². The molecule has 0 aromatic heterocycles. The minimum absolute atomic E-state index is 0.113. The predicted octanol–water partition coefficient (Wildman–Crippen LogP) is 2.16. The van der Waals surface area contributed by atoms with Crippen LogP contribution >= 0.6 is 23.4 Å². The Morgan fingerprint density at radius 1 is 1.56 bits per heavy atom. The lowest BCUT2D eigenvalue weighted by molar-refractivity contribution is 0.0941. The van der Waals surface area contributed by atoms with Crippen molar-refractivity contribution in [1.82, 2.24) is 5.32 Å². The van der Waals surface area contributed by atoms with Gasteiger partial charge in [0.05, 0.1) is 10.6 Å². The molecule has 16 heavy (non-hydrogen) atoms. The van der Waals surface area contributed by atoms with Crippen LogP contribution in [0.2, 0.25) is 5.02 Å². The van der Waals surface area contributed by atoms with Crippen molar-refractivity contribution < 1.29 is 4.79 Å². The molecule has 3 N–H and O–H groups in total. The first-order valence-electron chi connectivity index (χ1n) is 5.10. The molecule has 0 aliphatic carbocycles. The molecule has 1 aromatic rings. The van der Waals surface area contributed by atoms with Crippen molar-refractivity contribution in [2.24, 2.45) is 0 Å². The number of benzene rings is 1. The molecule has 1 aliphatic heterocycles. The number of nitrogens with two attached hydrogens (primary N) is 1. The number of carbonyl (C=O) groups is 1. The fourth-order valence-electron chi connectivity index (χ4n) is 1.63. The first-order chi connectivity index (χ1) is 7.66. The summed E-state index contributed by atoms with van der Waals surface area (Å²) in [6.07, 6.45) is 1.03. The monoisotopic (exact) mass is 256 g/mol. The molecule has 1 heterocycles. The molecule has 86 valence electrons. The topological polar surface area (TPSA) is 55.1 Å². The summed E-state index contributed by atoms with van der Waals surface area (Å²) in [5.41, 5.74) is 6.63. The molecule has 1 aromatic carbocycles. The Morgan fingerprint density at radius 3 is 3.00 bits per heavy atom. The van der Waals surface area contributed by atoms with E-state index in [0.717, 1.165) is 17.9 Å². The number of anilines is 1. The number of amides is 1. The van der Waals surface area contributed by atoms with Crippen LogP contribution in [-0.4, -0.2) is 23.5 Å². The van der Waals surface area contributed by atoms with Crippen LogP contribution in [0.25, 0.3) is 0 Å². The smallest absolute Gasteiger partial charge is 0.253 e. The standard InChI is InChI=1S/C11H13ClN2OS/c12-10-5-7(13)1-2-9(10)11(15)14-8-3-4-16-6-8/h1-2,5,8H,3-4,6,13H2,(H,14,15). The Hall–Kier alpha value is -0.870. The van der Waals surface area contributed by atoms with E-state index >= 15 is 0 Å². The highest BCUT2D eigenvalue weighted by molar-refractivity contribution is 7.99. The number of rotatable bonds is 2. The Balaban J connectivity index is 2.08. The lowest BCUT2D eigenvalue weighted by Gasteiger charge is -2.12. The summed E-state index contributed by atoms with van der Waals surface area (Å²) < 4.78 is 0. The van der Waals surface area contributed by atoms with Gasteiger partial charge in [-0.25, -0.2) is 0 Å². The van der Waals surface area contributed by atoms with E-state index in [1.54, 1.807) is 18.2 Å². The zero-order chi connectivity index (χ0) is 11.5. The maximum atomic E-state index is 11.9. The third-order valence-electron chi connectivity index (χ3n) is 2.50. The van der Waals surface area contributed by atoms with Gasteiger partial charge in [-0.05, 0) is 30.4 Å². The Kier molecular flexibility index (Phi) is 3.61. The second kappa shape index (κ2) is 4.97. The number of thioether (sulfide) groups is 1. The first-order valence-corrected chi connectivity index (χ1v) is 6.64. The van der Waals surface area contributed by atoms with Gasteiger partial charge in [-0.3, -0.25) is 4.79 Å². The second-order valence-electron chi connectivity index (χ2n) is 3.77. The van der Waals surface area contributed by atoms with E-state index in [9.17, 15) is 4.79 Å². The third-order valence-corrected chi connectivity index (χ3v) is 3.98. The number of nitrogens with one attached hydrogen (secondary N) is 1. The van der Waals surface area contributed by atoms with Gasteiger partial charge in [0, 0.05) is 17.5 Å². The second-order valence-corrected chi connectivity index (χ2v) is 5.33. The lowest BCUT2D eigenvalue weighted by atomic mass is 10.1. The maximum absolute atomic E-state index is 11.9. The van der Waals surface area contributed by atoms with E-state index in [0.29, 0.717) is 16.3 Å². The van der Waals surface area contributed by atoms with E-state index in [-0.39, 0.29) is 11.9 Å². The molecule has 0 radical (unpaired) electrons. The minimum Gasteiger partial charge on any atom is -0.399 e. The van der Waals surface area contributed by atoms with E-state index in [2.05, 4.69) is 5.32 Å². The molecule has 5 heteroatoms. The average molecular weight is 257 g/mol. The minimum atomic E-state index is -0.113. The summed E-state index contributed by atoms with van der Waals surface area (Å²) in [6, 6.07) is 5.21. The summed E-state index contributed by atoms with van der Waals surface area (Å²) >= 11 is 7.82. The van der Waals surface area contributed by atoms with Gasteiger partial charge in [0.1, 0.15) is 0 Å². The quantitative estimate of drug-likeness (QED) is 0.798. The summed E-state index contributed by atoms with van der Waals surface area (Å²) in [5.74, 6) is 1.98. The summed E-state index contributed by atoms with van der Waals surface area (Å²) in [6.45, 7) is 0. The molecule has 1 atom stereocenters. The molecule has 1 aliphatic rings. The Bertz CT molecular complexity index is 405. The van der Waals surface area contributed by atoms with Crippen LogP contribution in [-0.2, 0) is 0 Å². The van der Waals surface area contributed by atoms with Crippen molar-refractivity contribution in [2.45, 2.75) is 12.5 Å². The van der Waals surface area contributed by atoms with E-state index in [1.807, 2.05) is 11.8 Å². The fourth-order valence-corrected chi connectivity index (χ4v) is 3.05. The van der Waals surface area contributed by atoms with Crippen LogP contribution in [0.15, 0.2) is 18.2 Å². The normalized spacial score (nSPS) is 19.7. The molecule has 1 saturated heterocycles. The molecular weight excluding hydrogens is 244 g/mol. The van der Waals surface area contributed by atoms with Gasteiger partial charge in [-0.2, -0.15) is 11.8 Å². The number of nitrogen functional groups attached to an aromatic ring is 1. The average Bonchev–Trinajstić information content (AvgIpc) is 2.70. The van der Waals surface area contributed by atoms with Crippen molar-refractivity contribution >= 4 is 35.0 Å². The summed E-state index contributed by atoms with van der Waals surface area (Å²) in [7, 11) is 0. The van der Waals surface area contributed by atoms with Crippen LogP contribution in [0.4, 0.5) is 5.69 Å². The zero-order valence-corrected chi connectivity index (χ0v) is 10.3. The number of halogens is 1. The molecular formula is C11H13ClN2OS. The Morgan fingerprint density at radius 2 is 2.38 bits per heavy atom. The largest absolute Gasteiger partial charge is 0.399 e. The first kappa shape index (κ1) is 11.6. The van der Waals surface area contributed by atoms with Crippen LogP contribution in [0.5, 0.6) is 0 Å². The van der Waals surface area contributed by atoms with Gasteiger partial charge in [0.15, 0.2) is 0 Å². The maximum Gasteiger partial charge on any atom is 0.253 e. The fraction of sp³-hybridized carbons (Fsp3) is 0.364. The third kappa shape index (κ3) is 2.62. The Labute approximate surface area is 104 Å². The van der Waals surface area contributed by atoms with Gasteiger partial charge in [-0.1, -0.05) is 11.6 Å². The highest BCUT2D eigenvalue weighted by atomic mass is 35.5. The van der Waals surface area contributed by atoms with E-state index in [4.69, 9.17) is 17.3 Å². The van der Waals surface area contributed by atoms with Crippen molar-refractivity contribution in [3.05, 3.63) is 28.8 Å². The van der Waals surface area contributed by atoms with Crippen molar-refractivity contribution in [2.75, 3.05) is 17.2 Å². The van der Waals surface area contributed by atoms with E-state index < -0.39 is 0 Å². The molecule has 0 spiro atoms. The number of carbonyl (C=O) groups excluding carboxylic acids is 1. The predicted molar refractivity (Wildman–Crippen MR) is 69.1 cm³/mol. The highest BCUT2D eigenvalue weighted by Gasteiger charge is 2.19. The molecule has 3 nitrogen and oxygen atoms in total. The van der Waals surface area contributed by atoms with Gasteiger partial charge in [0.25, 0.3) is 5.91 Å². The van der Waals surface area contributed by atoms with Gasteiger partial charge in [-0.15, -0.1) is 0 Å². The SMILES string of the molecule is Nc1ccc(C(=O)NC2CCSC2)c(Cl)c1. The van der Waals surface area contributed by atoms with Crippen LogP contribution in [0.3, 0.4) is 0 Å². The summed E-state index contributed by atoms with van der Waals surface area (Å²) in [5, 5.41) is 3.38. The molecule has 0 saturated carbocycles. The van der Waals surface area contributed by atoms with Crippen molar-refractivity contribution in [3.8, 4) is 0 Å².